The Hall–Kier alpha value is -0.440. The van der Waals surface area contributed by atoms with Crippen molar-refractivity contribution in [3.05, 3.63) is 43.7 Å². The number of hydrogen-bond donors (Lipinski definition) is 1. The third kappa shape index (κ3) is 4.55. The van der Waals surface area contributed by atoms with Gasteiger partial charge in [0.05, 0.1) is 16.1 Å². The number of thiophene rings is 2. The number of terminal acetylenes is 1. The van der Waals surface area contributed by atoms with E-state index >= 15 is 0 Å². The van der Waals surface area contributed by atoms with Crippen molar-refractivity contribution in [2.45, 2.75) is 6.04 Å². The Labute approximate surface area is 131 Å². The van der Waals surface area contributed by atoms with Gasteiger partial charge in [0, 0.05) is 22.1 Å². The normalized spacial score (nSPS) is 12.2. The van der Waals surface area contributed by atoms with Crippen molar-refractivity contribution in [1.29, 1.82) is 0 Å². The summed E-state index contributed by atoms with van der Waals surface area (Å²) in [5.41, 5.74) is 0. The van der Waals surface area contributed by atoms with E-state index in [2.05, 4.69) is 34.8 Å². The second kappa shape index (κ2) is 7.98. The average Bonchev–Trinajstić information content (AvgIpc) is 3.05. The van der Waals surface area contributed by atoms with Crippen LogP contribution in [0.2, 0.25) is 4.34 Å². The van der Waals surface area contributed by atoms with Crippen LogP contribution in [0, 0.1) is 12.3 Å². The summed E-state index contributed by atoms with van der Waals surface area (Å²) in [6.07, 6.45) is 5.24. The van der Waals surface area contributed by atoms with E-state index in [4.69, 9.17) is 18.0 Å². The first-order chi connectivity index (χ1) is 9.31. The molecular formula is C14H14ClNS3. The second-order valence-electron chi connectivity index (χ2n) is 3.80. The molecule has 0 aromatic carbocycles. The second-order valence-corrected chi connectivity index (χ2v) is 7.63. The molecule has 19 heavy (non-hydrogen) atoms. The topological polar surface area (TPSA) is 12.0 Å². The Morgan fingerprint density at radius 3 is 2.89 bits per heavy atom. The van der Waals surface area contributed by atoms with Gasteiger partial charge >= 0.3 is 0 Å². The fraction of sp³-hybridized carbons (Fsp3) is 0.286. The van der Waals surface area contributed by atoms with Crippen LogP contribution in [-0.2, 0) is 0 Å². The van der Waals surface area contributed by atoms with Gasteiger partial charge in [-0.2, -0.15) is 0 Å². The highest BCUT2D eigenvalue weighted by atomic mass is 35.5. The maximum Gasteiger partial charge on any atom is 0.0931 e. The van der Waals surface area contributed by atoms with Gasteiger partial charge in [-0.3, -0.25) is 0 Å². The van der Waals surface area contributed by atoms with Crippen molar-refractivity contribution in [2.75, 3.05) is 18.1 Å². The summed E-state index contributed by atoms with van der Waals surface area (Å²) in [4.78, 5) is 2.58. The molecule has 0 radical (unpaired) electrons. The quantitative estimate of drug-likeness (QED) is 0.593. The molecule has 1 unspecified atom stereocenters. The van der Waals surface area contributed by atoms with Crippen LogP contribution in [0.1, 0.15) is 15.8 Å². The number of hydrogen-bond acceptors (Lipinski definition) is 4. The van der Waals surface area contributed by atoms with Crippen LogP contribution in [0.4, 0.5) is 0 Å². The highest BCUT2D eigenvalue weighted by Crippen LogP contribution is 2.32. The van der Waals surface area contributed by atoms with Crippen molar-refractivity contribution in [3.63, 3.8) is 0 Å². The van der Waals surface area contributed by atoms with E-state index in [-0.39, 0.29) is 6.04 Å². The van der Waals surface area contributed by atoms with E-state index in [9.17, 15) is 0 Å². The molecule has 1 atom stereocenters. The van der Waals surface area contributed by atoms with Gasteiger partial charge < -0.3 is 5.32 Å². The van der Waals surface area contributed by atoms with Gasteiger partial charge in [-0.05, 0) is 23.6 Å². The molecule has 0 aliphatic heterocycles. The maximum absolute atomic E-state index is 6.04. The van der Waals surface area contributed by atoms with E-state index in [1.807, 2.05) is 6.07 Å². The fourth-order valence-corrected chi connectivity index (χ4v) is 4.26. The summed E-state index contributed by atoms with van der Waals surface area (Å²) in [5, 5.41) is 5.69. The Morgan fingerprint density at radius 2 is 2.26 bits per heavy atom. The van der Waals surface area contributed by atoms with Crippen molar-refractivity contribution < 1.29 is 0 Å². The van der Waals surface area contributed by atoms with E-state index < -0.39 is 0 Å². The third-order valence-electron chi connectivity index (χ3n) is 2.49. The van der Waals surface area contributed by atoms with Crippen LogP contribution in [0.3, 0.4) is 0 Å². The molecule has 0 saturated carbocycles. The largest absolute Gasteiger partial charge is 0.304 e. The molecule has 0 saturated heterocycles. The van der Waals surface area contributed by atoms with Crippen LogP contribution in [-0.4, -0.2) is 18.1 Å². The van der Waals surface area contributed by atoms with Crippen LogP contribution in [0.25, 0.3) is 0 Å². The first-order valence-corrected chi connectivity index (χ1v) is 9.07. The lowest BCUT2D eigenvalue weighted by molar-refractivity contribution is 0.653. The lowest BCUT2D eigenvalue weighted by Gasteiger charge is -2.15. The summed E-state index contributed by atoms with van der Waals surface area (Å²) in [5.74, 6) is 4.43. The number of thioether (sulfide) groups is 1. The minimum atomic E-state index is 0.240. The van der Waals surface area contributed by atoms with Gasteiger partial charge in [-0.1, -0.05) is 23.6 Å². The Bertz CT molecular complexity index is 527. The lowest BCUT2D eigenvalue weighted by atomic mass is 10.2. The first kappa shape index (κ1) is 15.0. The molecule has 2 aromatic heterocycles. The molecule has 0 bridgehead atoms. The molecule has 1 nitrogen and oxygen atoms in total. The predicted molar refractivity (Wildman–Crippen MR) is 89.7 cm³/mol. The molecule has 100 valence electrons. The molecule has 2 rings (SSSR count). The van der Waals surface area contributed by atoms with Crippen LogP contribution < -0.4 is 5.32 Å². The monoisotopic (exact) mass is 327 g/mol. The van der Waals surface area contributed by atoms with Gasteiger partial charge in [0.2, 0.25) is 0 Å². The number of rotatable bonds is 7. The predicted octanol–water partition coefficient (Wildman–Crippen LogP) is 4.51. The molecule has 0 amide bonds. The Morgan fingerprint density at radius 1 is 1.37 bits per heavy atom. The standard InChI is InChI=1S/C14H14ClNS3/c1-2-8-17-10-7-16-14(11-4-3-9-18-11)12-5-6-13(15)19-12/h1,3-6,9,14,16H,7-8,10H2. The third-order valence-corrected chi connectivity index (χ3v) is 5.58. The van der Waals surface area contributed by atoms with E-state index in [0.29, 0.717) is 0 Å². The Balaban J connectivity index is 1.98. The molecule has 0 aliphatic carbocycles. The van der Waals surface area contributed by atoms with Crippen LogP contribution in [0.15, 0.2) is 29.6 Å². The maximum atomic E-state index is 6.04. The molecular weight excluding hydrogens is 314 g/mol. The SMILES string of the molecule is C#CCSCCNC(c1cccs1)c1ccc(Cl)s1. The molecule has 1 N–H and O–H groups in total. The fourth-order valence-electron chi connectivity index (χ4n) is 1.69. The van der Waals surface area contributed by atoms with Gasteiger partial charge in [0.1, 0.15) is 0 Å². The number of nitrogens with one attached hydrogen (secondary N) is 1. The van der Waals surface area contributed by atoms with Crippen molar-refractivity contribution >= 4 is 46.0 Å². The molecule has 2 heterocycles. The number of halogens is 1. The van der Waals surface area contributed by atoms with Gasteiger partial charge in [-0.25, -0.2) is 0 Å². The van der Waals surface area contributed by atoms with Crippen molar-refractivity contribution in [2.24, 2.45) is 0 Å². The van der Waals surface area contributed by atoms with Gasteiger partial charge in [-0.15, -0.1) is 40.9 Å². The van der Waals surface area contributed by atoms with E-state index in [1.165, 1.54) is 9.75 Å². The highest BCUT2D eigenvalue weighted by molar-refractivity contribution is 7.99. The first-order valence-electron chi connectivity index (χ1n) is 5.84. The smallest absolute Gasteiger partial charge is 0.0931 e. The van der Waals surface area contributed by atoms with Gasteiger partial charge in [0.15, 0.2) is 0 Å². The molecule has 0 fully saturated rings. The summed E-state index contributed by atoms with van der Waals surface area (Å²) >= 11 is 11.2. The Kier molecular flexibility index (Phi) is 6.29. The van der Waals surface area contributed by atoms with Crippen molar-refractivity contribution in [1.82, 2.24) is 5.32 Å². The van der Waals surface area contributed by atoms with Crippen molar-refractivity contribution in [3.8, 4) is 12.3 Å². The highest BCUT2D eigenvalue weighted by Gasteiger charge is 2.16. The summed E-state index contributed by atoms with van der Waals surface area (Å²) in [7, 11) is 0. The molecule has 0 spiro atoms. The van der Waals surface area contributed by atoms with Crippen LogP contribution >= 0.6 is 46.0 Å². The zero-order valence-electron chi connectivity index (χ0n) is 10.3. The zero-order valence-corrected chi connectivity index (χ0v) is 13.5. The summed E-state index contributed by atoms with van der Waals surface area (Å²) < 4.78 is 0.833. The molecule has 2 aromatic rings. The summed E-state index contributed by atoms with van der Waals surface area (Å²) in [6.45, 7) is 0.935. The zero-order chi connectivity index (χ0) is 13.5. The van der Waals surface area contributed by atoms with Crippen LogP contribution in [0.5, 0.6) is 0 Å². The summed E-state index contributed by atoms with van der Waals surface area (Å²) in [6, 6.07) is 8.53. The molecule has 5 heteroatoms. The average molecular weight is 328 g/mol. The van der Waals surface area contributed by atoms with E-state index in [1.54, 1.807) is 34.4 Å². The van der Waals surface area contributed by atoms with E-state index in [0.717, 1.165) is 22.4 Å². The minimum absolute atomic E-state index is 0.240. The van der Waals surface area contributed by atoms with Gasteiger partial charge in [0.25, 0.3) is 0 Å². The lowest BCUT2D eigenvalue weighted by Crippen LogP contribution is -2.23. The molecule has 0 aliphatic rings. The minimum Gasteiger partial charge on any atom is -0.304 e.